The number of hydrogen-bond donors (Lipinski definition) is 8. The minimum absolute atomic E-state index is 0.205. The maximum Gasteiger partial charge on any atom is 0.414 e. The molecule has 50 heavy (non-hydrogen) atoms. The summed E-state index contributed by atoms with van der Waals surface area (Å²) in [5.74, 6) is -10.3. The second-order valence-electron chi connectivity index (χ2n) is 9.93. The number of nitrogens with one attached hydrogen (secondary N) is 2. The van der Waals surface area contributed by atoms with Crippen LogP contribution in [0.25, 0.3) is 11.2 Å². The molecule has 3 aromatic rings. The van der Waals surface area contributed by atoms with Crippen LogP contribution in [0.1, 0.15) is 25.3 Å². The van der Waals surface area contributed by atoms with Crippen LogP contribution in [-0.2, 0) is 51.4 Å². The van der Waals surface area contributed by atoms with E-state index in [0.717, 1.165) is 49.6 Å². The van der Waals surface area contributed by atoms with Gasteiger partial charge in [0.15, 0.2) is 5.65 Å². The van der Waals surface area contributed by atoms with Crippen molar-refractivity contribution in [2.75, 3.05) is 38.1 Å². The highest BCUT2D eigenvalue weighted by Crippen LogP contribution is 2.21. The van der Waals surface area contributed by atoms with Crippen molar-refractivity contribution in [2.45, 2.75) is 38.9 Å². The van der Waals surface area contributed by atoms with Crippen molar-refractivity contribution in [3.8, 4) is 0 Å². The summed E-state index contributed by atoms with van der Waals surface area (Å²) >= 11 is 0. The first-order valence-electron chi connectivity index (χ1n) is 14.7. The van der Waals surface area contributed by atoms with Gasteiger partial charge in [0.25, 0.3) is 0 Å². The van der Waals surface area contributed by atoms with Gasteiger partial charge in [-0.15, -0.1) is 0 Å². The van der Waals surface area contributed by atoms with E-state index >= 15 is 0 Å². The molecule has 272 valence electrons. The summed E-state index contributed by atoms with van der Waals surface area (Å²) in [4.78, 5) is 78.0. The number of carbonyl (C=O) groups is 7. The van der Waals surface area contributed by atoms with Crippen molar-refractivity contribution in [1.29, 1.82) is 0 Å². The average molecular weight is 707 g/mol. The number of ether oxygens (including phenoxy) is 1. The van der Waals surface area contributed by atoms with Crippen molar-refractivity contribution >= 4 is 58.9 Å². The lowest BCUT2D eigenvalue weighted by Crippen LogP contribution is -2.39. The molecular weight excluding hydrogens is 668 g/mol. The normalized spacial score (nSPS) is 12.3. The maximum atomic E-state index is 11.6. The number of carboxylic acid groups (broad SMARTS) is 6. The molecule has 8 N–H and O–H groups in total. The highest BCUT2D eigenvalue weighted by Gasteiger charge is 2.22. The van der Waals surface area contributed by atoms with Gasteiger partial charge in [0, 0.05) is 45.0 Å². The van der Waals surface area contributed by atoms with Gasteiger partial charge >= 0.3 is 41.8 Å². The number of piperidine rings is 1. The zero-order chi connectivity index (χ0) is 37.6. The van der Waals surface area contributed by atoms with E-state index in [1.165, 1.54) is 5.56 Å². The third-order valence-electron chi connectivity index (χ3n) is 6.31. The zero-order valence-corrected chi connectivity index (χ0v) is 26.8. The van der Waals surface area contributed by atoms with Crippen molar-refractivity contribution in [2.24, 2.45) is 0 Å². The molecule has 1 saturated heterocycles. The number of esters is 1. The molecule has 20 heteroatoms. The first-order chi connectivity index (χ1) is 23.7. The van der Waals surface area contributed by atoms with E-state index in [1.807, 2.05) is 19.1 Å². The number of anilines is 1. The molecule has 0 radical (unpaired) electrons. The van der Waals surface area contributed by atoms with Gasteiger partial charge < -0.3 is 46.0 Å². The van der Waals surface area contributed by atoms with Crippen LogP contribution in [0.5, 0.6) is 0 Å². The van der Waals surface area contributed by atoms with Crippen molar-refractivity contribution < 1.29 is 68.9 Å². The number of aliphatic carboxylic acids is 6. The van der Waals surface area contributed by atoms with Gasteiger partial charge in [-0.25, -0.2) is 38.7 Å². The van der Waals surface area contributed by atoms with E-state index in [4.69, 9.17) is 69.1 Å². The third-order valence-corrected chi connectivity index (χ3v) is 6.31. The fourth-order valence-corrected chi connectivity index (χ4v) is 4.13. The van der Waals surface area contributed by atoms with Crippen LogP contribution in [0.4, 0.5) is 5.95 Å². The highest BCUT2D eigenvalue weighted by molar-refractivity contribution is 6.28. The fraction of sp³-hybridized carbons (Fsp3) is 0.367. The molecule has 1 aromatic carbocycles. The van der Waals surface area contributed by atoms with E-state index in [9.17, 15) is 4.79 Å². The number of imidazole rings is 1. The molecule has 0 unspecified atom stereocenters. The van der Waals surface area contributed by atoms with Gasteiger partial charge in [-0.1, -0.05) is 30.3 Å². The molecule has 0 spiro atoms. The molecule has 0 bridgehead atoms. The molecule has 1 fully saturated rings. The number of benzene rings is 1. The lowest BCUT2D eigenvalue weighted by atomic mass is 10.0. The SMILES string of the molecule is CCOC(=O)CNCCn1c(NC2CCN(Cc3ccccc3)CC2)nc2cccnc21.O=C(O)C(=O)O.O=C(O)C(=O)O.O=C(O)C(=O)O. The number of fused-ring (bicyclic) bond motifs is 1. The van der Waals surface area contributed by atoms with E-state index in [2.05, 4.69) is 55.4 Å². The zero-order valence-electron chi connectivity index (χ0n) is 26.8. The lowest BCUT2D eigenvalue weighted by Gasteiger charge is -2.32. The summed E-state index contributed by atoms with van der Waals surface area (Å²) in [5.41, 5.74) is 3.10. The van der Waals surface area contributed by atoms with E-state index in [1.54, 1.807) is 6.20 Å². The predicted octanol–water partition coefficient (Wildman–Crippen LogP) is 0.127. The lowest BCUT2D eigenvalue weighted by molar-refractivity contribution is -0.159. The monoisotopic (exact) mass is 706 g/mol. The average Bonchev–Trinajstić information content (AvgIpc) is 3.42. The molecule has 20 nitrogen and oxygen atoms in total. The van der Waals surface area contributed by atoms with Gasteiger partial charge in [-0.3, -0.25) is 14.3 Å². The highest BCUT2D eigenvalue weighted by atomic mass is 16.5. The first kappa shape index (κ1) is 41.9. The topological polar surface area (TPSA) is 308 Å². The van der Waals surface area contributed by atoms with Gasteiger partial charge in [0.1, 0.15) is 5.52 Å². The minimum Gasteiger partial charge on any atom is -0.473 e. The number of nitrogens with zero attached hydrogens (tertiary/aromatic N) is 4. The Hall–Kier alpha value is -6.15. The van der Waals surface area contributed by atoms with Crippen LogP contribution in [0.15, 0.2) is 48.7 Å². The second kappa shape index (κ2) is 22.4. The molecule has 0 amide bonds. The molecule has 0 atom stereocenters. The quantitative estimate of drug-likeness (QED) is 0.0789. The number of likely N-dealkylation sites (tertiary alicyclic amines) is 1. The molecule has 1 aliphatic rings. The Morgan fingerprint density at radius 1 is 0.800 bits per heavy atom. The summed E-state index contributed by atoms with van der Waals surface area (Å²) in [6, 6.07) is 14.9. The van der Waals surface area contributed by atoms with Crippen LogP contribution in [0.3, 0.4) is 0 Å². The Morgan fingerprint density at radius 3 is 1.84 bits per heavy atom. The second-order valence-corrected chi connectivity index (χ2v) is 9.93. The van der Waals surface area contributed by atoms with Gasteiger partial charge in [-0.05, 0) is 37.5 Å². The summed E-state index contributed by atoms with van der Waals surface area (Å²) in [7, 11) is 0. The standard InChI is InChI=1S/C24H32N6O2.3C2H2O4/c1-2-32-22(31)17-25-13-16-30-23-21(9-6-12-26-23)28-24(30)27-20-10-14-29(15-11-20)18-19-7-4-3-5-8-19;3*3-1(4)2(5)6/h3-9,12,20,25H,2,10-11,13-18H2,1H3,(H,27,28);3*(H,3,4)(H,5,6). The number of hydrogen-bond acceptors (Lipinski definition) is 13. The number of pyridine rings is 1. The summed E-state index contributed by atoms with van der Waals surface area (Å²) in [6.07, 6.45) is 3.94. The van der Waals surface area contributed by atoms with Crippen LogP contribution in [0.2, 0.25) is 0 Å². The summed E-state index contributed by atoms with van der Waals surface area (Å²) in [5, 5.41) is 51.2. The number of carboxylic acids is 6. The Bertz CT molecular complexity index is 1500. The largest absolute Gasteiger partial charge is 0.473 e. The Labute approximate surface area is 283 Å². The van der Waals surface area contributed by atoms with Gasteiger partial charge in [-0.2, -0.15) is 0 Å². The predicted molar refractivity (Wildman–Crippen MR) is 171 cm³/mol. The van der Waals surface area contributed by atoms with Crippen LogP contribution in [0, 0.1) is 0 Å². The van der Waals surface area contributed by atoms with Crippen molar-refractivity contribution in [3.05, 3.63) is 54.2 Å². The smallest absolute Gasteiger partial charge is 0.414 e. The van der Waals surface area contributed by atoms with Crippen molar-refractivity contribution in [3.63, 3.8) is 0 Å². The summed E-state index contributed by atoms with van der Waals surface area (Å²) in [6.45, 7) is 6.84. The molecule has 4 rings (SSSR count). The molecule has 0 aliphatic carbocycles. The molecule has 1 aliphatic heterocycles. The van der Waals surface area contributed by atoms with Gasteiger partial charge in [0.2, 0.25) is 5.95 Å². The molecule has 2 aromatic heterocycles. The molecular formula is C30H38N6O14. The van der Waals surface area contributed by atoms with Gasteiger partial charge in [0.05, 0.1) is 13.2 Å². The molecule has 3 heterocycles. The van der Waals surface area contributed by atoms with Crippen molar-refractivity contribution in [1.82, 2.24) is 24.8 Å². The number of rotatable bonds is 10. The Morgan fingerprint density at radius 2 is 1.34 bits per heavy atom. The van der Waals surface area contributed by atoms with E-state index in [-0.39, 0.29) is 12.5 Å². The molecule has 0 saturated carbocycles. The third kappa shape index (κ3) is 16.6. The van der Waals surface area contributed by atoms with Crippen LogP contribution in [-0.4, -0.2) is 131 Å². The van der Waals surface area contributed by atoms with E-state index in [0.29, 0.717) is 25.7 Å². The Balaban J connectivity index is 0.000000571. The first-order valence-corrected chi connectivity index (χ1v) is 14.7. The van der Waals surface area contributed by atoms with Crippen LogP contribution < -0.4 is 10.6 Å². The van der Waals surface area contributed by atoms with Crippen LogP contribution >= 0.6 is 0 Å². The minimum atomic E-state index is -1.82. The number of aromatic nitrogens is 3. The Kier molecular flexibility index (Phi) is 18.8. The maximum absolute atomic E-state index is 11.6. The fourth-order valence-electron chi connectivity index (χ4n) is 4.13. The number of carbonyl (C=O) groups excluding carboxylic acids is 1. The summed E-state index contributed by atoms with van der Waals surface area (Å²) < 4.78 is 7.07. The van der Waals surface area contributed by atoms with E-state index < -0.39 is 35.8 Å².